The SMILES string of the molecule is CNC1(CO)CCCC(N2CCCCCC2)C1. The Balaban J connectivity index is 1.95. The summed E-state index contributed by atoms with van der Waals surface area (Å²) in [4.78, 5) is 2.69. The molecule has 1 heterocycles. The standard InChI is InChI=1S/C14H28N2O/c1-15-14(12-17)8-6-7-13(11-14)16-9-4-2-3-5-10-16/h13,15,17H,2-12H2,1H3. The number of hydrogen-bond acceptors (Lipinski definition) is 3. The summed E-state index contributed by atoms with van der Waals surface area (Å²) in [5.41, 5.74) is -0.00474. The van der Waals surface area contributed by atoms with Crippen LogP contribution in [-0.4, -0.2) is 48.3 Å². The fourth-order valence-electron chi connectivity index (χ4n) is 3.55. The Bertz CT molecular complexity index is 220. The summed E-state index contributed by atoms with van der Waals surface area (Å²) < 4.78 is 0. The van der Waals surface area contributed by atoms with Gasteiger partial charge in [0.1, 0.15) is 0 Å². The zero-order chi connectivity index (χ0) is 12.1. The summed E-state index contributed by atoms with van der Waals surface area (Å²) in [5.74, 6) is 0. The van der Waals surface area contributed by atoms with Gasteiger partial charge in [-0.15, -0.1) is 0 Å². The minimum atomic E-state index is -0.00474. The van der Waals surface area contributed by atoms with Gasteiger partial charge in [-0.3, -0.25) is 0 Å². The van der Waals surface area contributed by atoms with Gasteiger partial charge >= 0.3 is 0 Å². The molecule has 3 nitrogen and oxygen atoms in total. The second kappa shape index (κ2) is 6.17. The smallest absolute Gasteiger partial charge is 0.0613 e. The first-order valence-corrected chi connectivity index (χ1v) is 7.33. The van der Waals surface area contributed by atoms with Crippen LogP contribution in [0.2, 0.25) is 0 Å². The third-order valence-corrected chi connectivity index (χ3v) is 4.81. The molecule has 2 rings (SSSR count). The molecule has 0 radical (unpaired) electrons. The Labute approximate surface area is 106 Å². The molecule has 0 bridgehead atoms. The van der Waals surface area contributed by atoms with Crippen LogP contribution in [0.3, 0.4) is 0 Å². The first-order chi connectivity index (χ1) is 8.29. The van der Waals surface area contributed by atoms with E-state index in [2.05, 4.69) is 10.2 Å². The van der Waals surface area contributed by atoms with E-state index in [1.54, 1.807) is 0 Å². The van der Waals surface area contributed by atoms with Crippen LogP contribution in [0.25, 0.3) is 0 Å². The lowest BCUT2D eigenvalue weighted by Crippen LogP contribution is -2.54. The average molecular weight is 240 g/mol. The third kappa shape index (κ3) is 3.21. The molecule has 1 aliphatic heterocycles. The van der Waals surface area contributed by atoms with Crippen molar-refractivity contribution in [2.45, 2.75) is 62.9 Å². The van der Waals surface area contributed by atoms with E-state index in [9.17, 15) is 5.11 Å². The molecule has 2 unspecified atom stereocenters. The largest absolute Gasteiger partial charge is 0.394 e. The molecule has 0 amide bonds. The monoisotopic (exact) mass is 240 g/mol. The lowest BCUT2D eigenvalue weighted by Gasteiger charge is -2.43. The van der Waals surface area contributed by atoms with Crippen molar-refractivity contribution < 1.29 is 5.11 Å². The van der Waals surface area contributed by atoms with Crippen LogP contribution in [0.4, 0.5) is 0 Å². The molecule has 100 valence electrons. The van der Waals surface area contributed by atoms with Gasteiger partial charge in [-0.1, -0.05) is 12.8 Å². The summed E-state index contributed by atoms with van der Waals surface area (Å²) in [6.07, 6.45) is 10.4. The molecule has 1 saturated heterocycles. The maximum atomic E-state index is 9.63. The normalized spacial score (nSPS) is 36.7. The van der Waals surface area contributed by atoms with E-state index < -0.39 is 0 Å². The highest BCUT2D eigenvalue weighted by Crippen LogP contribution is 2.31. The van der Waals surface area contributed by atoms with Gasteiger partial charge < -0.3 is 15.3 Å². The lowest BCUT2D eigenvalue weighted by molar-refractivity contribution is 0.0651. The predicted molar refractivity (Wildman–Crippen MR) is 71.2 cm³/mol. The van der Waals surface area contributed by atoms with Crippen molar-refractivity contribution in [2.24, 2.45) is 0 Å². The van der Waals surface area contributed by atoms with Crippen LogP contribution in [0.15, 0.2) is 0 Å². The Morgan fingerprint density at radius 2 is 1.88 bits per heavy atom. The summed E-state index contributed by atoms with van der Waals surface area (Å²) in [6, 6.07) is 0.696. The van der Waals surface area contributed by atoms with Gasteiger partial charge in [0.25, 0.3) is 0 Å². The number of rotatable bonds is 3. The minimum Gasteiger partial charge on any atom is -0.394 e. The number of nitrogens with zero attached hydrogens (tertiary/aromatic N) is 1. The van der Waals surface area contributed by atoms with Gasteiger partial charge in [0.05, 0.1) is 6.61 Å². The fraction of sp³-hybridized carbons (Fsp3) is 1.00. The third-order valence-electron chi connectivity index (χ3n) is 4.81. The Morgan fingerprint density at radius 3 is 2.47 bits per heavy atom. The molecular weight excluding hydrogens is 212 g/mol. The van der Waals surface area contributed by atoms with E-state index in [1.807, 2.05) is 7.05 Å². The Morgan fingerprint density at radius 1 is 1.18 bits per heavy atom. The van der Waals surface area contributed by atoms with E-state index in [0.717, 1.165) is 12.8 Å². The summed E-state index contributed by atoms with van der Waals surface area (Å²) in [6.45, 7) is 2.83. The number of likely N-dealkylation sites (N-methyl/N-ethyl adjacent to an activating group) is 1. The second-order valence-electron chi connectivity index (χ2n) is 5.89. The van der Waals surface area contributed by atoms with Gasteiger partial charge in [-0.2, -0.15) is 0 Å². The van der Waals surface area contributed by atoms with E-state index in [4.69, 9.17) is 0 Å². The highest BCUT2D eigenvalue weighted by molar-refractivity contribution is 4.95. The van der Waals surface area contributed by atoms with Gasteiger partial charge in [0.2, 0.25) is 0 Å². The van der Waals surface area contributed by atoms with Crippen LogP contribution < -0.4 is 5.32 Å². The van der Waals surface area contributed by atoms with Crippen LogP contribution in [0.5, 0.6) is 0 Å². The lowest BCUT2D eigenvalue weighted by atomic mass is 9.79. The van der Waals surface area contributed by atoms with Crippen LogP contribution >= 0.6 is 0 Å². The molecule has 2 atom stereocenters. The topological polar surface area (TPSA) is 35.5 Å². The van der Waals surface area contributed by atoms with Crippen molar-refractivity contribution in [3.63, 3.8) is 0 Å². The second-order valence-corrected chi connectivity index (χ2v) is 5.89. The number of nitrogens with one attached hydrogen (secondary N) is 1. The van der Waals surface area contributed by atoms with Crippen molar-refractivity contribution in [1.29, 1.82) is 0 Å². The molecule has 0 aromatic rings. The fourth-order valence-corrected chi connectivity index (χ4v) is 3.55. The van der Waals surface area contributed by atoms with Crippen molar-refractivity contribution in [3.8, 4) is 0 Å². The van der Waals surface area contributed by atoms with E-state index in [1.165, 1.54) is 51.6 Å². The van der Waals surface area contributed by atoms with E-state index in [0.29, 0.717) is 6.04 Å². The van der Waals surface area contributed by atoms with Crippen molar-refractivity contribution in [1.82, 2.24) is 10.2 Å². The van der Waals surface area contributed by atoms with Gasteiger partial charge in [0, 0.05) is 11.6 Å². The quantitative estimate of drug-likeness (QED) is 0.789. The molecule has 2 aliphatic rings. The molecule has 0 aromatic carbocycles. The number of likely N-dealkylation sites (tertiary alicyclic amines) is 1. The Hall–Kier alpha value is -0.120. The number of aliphatic hydroxyl groups excluding tert-OH is 1. The molecular formula is C14H28N2O. The number of hydrogen-bond donors (Lipinski definition) is 2. The Kier molecular flexibility index (Phi) is 4.83. The zero-order valence-corrected chi connectivity index (χ0v) is 11.2. The van der Waals surface area contributed by atoms with Crippen molar-refractivity contribution >= 4 is 0 Å². The van der Waals surface area contributed by atoms with Crippen LogP contribution in [0.1, 0.15) is 51.4 Å². The van der Waals surface area contributed by atoms with Gasteiger partial charge in [0.15, 0.2) is 0 Å². The molecule has 2 N–H and O–H groups in total. The minimum absolute atomic E-state index is 0.00474. The molecule has 1 saturated carbocycles. The highest BCUT2D eigenvalue weighted by atomic mass is 16.3. The van der Waals surface area contributed by atoms with E-state index in [-0.39, 0.29) is 12.1 Å². The van der Waals surface area contributed by atoms with Crippen LogP contribution in [-0.2, 0) is 0 Å². The van der Waals surface area contributed by atoms with Gasteiger partial charge in [-0.25, -0.2) is 0 Å². The molecule has 1 aliphatic carbocycles. The molecule has 17 heavy (non-hydrogen) atoms. The van der Waals surface area contributed by atoms with Crippen molar-refractivity contribution in [3.05, 3.63) is 0 Å². The summed E-state index contributed by atoms with van der Waals surface area (Å²) in [5, 5.41) is 13.0. The molecule has 0 aromatic heterocycles. The predicted octanol–water partition coefficient (Wildman–Crippen LogP) is 1.76. The summed E-state index contributed by atoms with van der Waals surface area (Å²) in [7, 11) is 2.00. The molecule has 2 fully saturated rings. The summed E-state index contributed by atoms with van der Waals surface area (Å²) >= 11 is 0. The molecule has 3 heteroatoms. The average Bonchev–Trinajstić information content (AvgIpc) is 2.67. The zero-order valence-electron chi connectivity index (χ0n) is 11.2. The highest BCUT2D eigenvalue weighted by Gasteiger charge is 2.36. The van der Waals surface area contributed by atoms with Crippen LogP contribution in [0, 0.1) is 0 Å². The first kappa shape index (κ1) is 13.3. The van der Waals surface area contributed by atoms with E-state index >= 15 is 0 Å². The maximum absolute atomic E-state index is 9.63. The van der Waals surface area contributed by atoms with Gasteiger partial charge in [-0.05, 0) is 58.7 Å². The maximum Gasteiger partial charge on any atom is 0.0613 e. The first-order valence-electron chi connectivity index (χ1n) is 7.33. The van der Waals surface area contributed by atoms with Crippen molar-refractivity contribution in [2.75, 3.05) is 26.7 Å². The number of aliphatic hydroxyl groups is 1. The molecule has 0 spiro atoms.